The molecule has 2 bridgehead atoms. The van der Waals surface area contributed by atoms with E-state index >= 15 is 0 Å². The average molecular weight is 497 g/mol. The van der Waals surface area contributed by atoms with Crippen LogP contribution in [0.2, 0.25) is 0 Å². The molecule has 188 valence electrons. The van der Waals surface area contributed by atoms with Crippen molar-refractivity contribution in [1.82, 2.24) is 0 Å². The summed E-state index contributed by atoms with van der Waals surface area (Å²) in [6.45, 7) is 0. The van der Waals surface area contributed by atoms with Gasteiger partial charge in [-0.25, -0.2) is 4.79 Å². The number of carbonyl (C=O) groups is 2. The Hall–Kier alpha value is -4.36. The van der Waals surface area contributed by atoms with Crippen LogP contribution in [0.3, 0.4) is 0 Å². The van der Waals surface area contributed by atoms with E-state index in [-0.39, 0.29) is 11.1 Å². The molecule has 2 heterocycles. The Labute approximate surface area is 215 Å². The zero-order valence-electron chi connectivity index (χ0n) is 20.6. The number of rotatable bonds is 9. The van der Waals surface area contributed by atoms with Gasteiger partial charge >= 0.3 is 5.97 Å². The largest absolute Gasteiger partial charge is 0.497 e. The lowest BCUT2D eigenvalue weighted by Gasteiger charge is -2.36. The van der Waals surface area contributed by atoms with Gasteiger partial charge in [0.1, 0.15) is 17.5 Å². The lowest BCUT2D eigenvalue weighted by Crippen LogP contribution is -2.49. The van der Waals surface area contributed by atoms with E-state index in [0.717, 1.165) is 11.3 Å². The van der Waals surface area contributed by atoms with E-state index in [4.69, 9.17) is 14.2 Å². The number of amides is 1. The van der Waals surface area contributed by atoms with Crippen LogP contribution in [0.4, 0.5) is 11.4 Å². The van der Waals surface area contributed by atoms with Crippen LogP contribution in [-0.4, -0.2) is 43.8 Å². The van der Waals surface area contributed by atoms with E-state index in [1.54, 1.807) is 31.4 Å². The summed E-state index contributed by atoms with van der Waals surface area (Å²) < 4.78 is 16.9. The normalized spacial score (nSPS) is 20.4. The summed E-state index contributed by atoms with van der Waals surface area (Å²) in [5.74, 6) is -0.340. The standard InChI is InChI=1S/C30H28N2O5/c1-35-23-15-13-22(14-16-23)32-28(33)26-24-17-18-30(37-24,27(26)29(34)36-2)25(19-20-9-5-3-6-10-20)31-21-11-7-4-8-12-21/h3-18,24-25,31H,19H2,1-2H3,(H,32,33). The second kappa shape index (κ2) is 10.3. The van der Waals surface area contributed by atoms with Crippen molar-refractivity contribution < 1.29 is 23.8 Å². The minimum atomic E-state index is -1.20. The van der Waals surface area contributed by atoms with E-state index < -0.39 is 29.6 Å². The zero-order valence-corrected chi connectivity index (χ0v) is 20.6. The zero-order chi connectivity index (χ0) is 25.8. The highest BCUT2D eigenvalue weighted by atomic mass is 16.5. The van der Waals surface area contributed by atoms with E-state index in [1.165, 1.54) is 7.11 Å². The van der Waals surface area contributed by atoms with Gasteiger partial charge in [-0.3, -0.25) is 4.79 Å². The van der Waals surface area contributed by atoms with Gasteiger partial charge in [0.2, 0.25) is 0 Å². The van der Waals surface area contributed by atoms with Crippen molar-refractivity contribution >= 4 is 23.3 Å². The summed E-state index contributed by atoms with van der Waals surface area (Å²) in [6, 6.07) is 26.3. The Kier molecular flexibility index (Phi) is 6.79. The Morgan fingerprint density at radius 1 is 0.919 bits per heavy atom. The van der Waals surface area contributed by atoms with Crippen molar-refractivity contribution in [2.24, 2.45) is 0 Å². The number of methoxy groups -OCH3 is 2. The first-order chi connectivity index (χ1) is 18.0. The number of para-hydroxylation sites is 1. The van der Waals surface area contributed by atoms with Gasteiger partial charge in [0.05, 0.1) is 31.4 Å². The Morgan fingerprint density at radius 2 is 1.59 bits per heavy atom. The third-order valence-electron chi connectivity index (χ3n) is 6.68. The molecule has 0 saturated heterocycles. The van der Waals surface area contributed by atoms with Gasteiger partial charge in [0, 0.05) is 11.4 Å². The summed E-state index contributed by atoms with van der Waals surface area (Å²) >= 11 is 0. The highest BCUT2D eigenvalue weighted by Crippen LogP contribution is 2.47. The van der Waals surface area contributed by atoms with Crippen LogP contribution < -0.4 is 15.4 Å². The molecule has 7 heteroatoms. The van der Waals surface area contributed by atoms with Crippen molar-refractivity contribution in [3.8, 4) is 5.75 Å². The molecule has 2 aliphatic heterocycles. The maximum Gasteiger partial charge on any atom is 0.337 e. The molecule has 37 heavy (non-hydrogen) atoms. The quantitative estimate of drug-likeness (QED) is 0.334. The highest BCUT2D eigenvalue weighted by Gasteiger charge is 2.58. The first-order valence-corrected chi connectivity index (χ1v) is 12.0. The van der Waals surface area contributed by atoms with E-state index in [1.807, 2.05) is 72.8 Å². The molecule has 0 saturated carbocycles. The van der Waals surface area contributed by atoms with Gasteiger partial charge in [-0.15, -0.1) is 0 Å². The van der Waals surface area contributed by atoms with Crippen LogP contribution >= 0.6 is 0 Å². The Balaban J connectivity index is 1.54. The minimum absolute atomic E-state index is 0.206. The van der Waals surface area contributed by atoms with E-state index in [2.05, 4.69) is 10.6 Å². The molecular formula is C30H28N2O5. The van der Waals surface area contributed by atoms with Crippen molar-refractivity contribution in [2.75, 3.05) is 24.9 Å². The fraction of sp³-hybridized carbons (Fsp3) is 0.200. The van der Waals surface area contributed by atoms with Gasteiger partial charge in [0.15, 0.2) is 0 Å². The molecule has 3 atom stereocenters. The number of fused-ring (bicyclic) bond motifs is 2. The smallest absolute Gasteiger partial charge is 0.337 e. The van der Waals surface area contributed by atoms with Crippen LogP contribution in [0.25, 0.3) is 0 Å². The molecule has 0 radical (unpaired) electrons. The number of ether oxygens (including phenoxy) is 3. The fourth-order valence-corrected chi connectivity index (χ4v) is 4.92. The molecular weight excluding hydrogens is 468 g/mol. The molecule has 0 aromatic heterocycles. The molecule has 5 rings (SSSR count). The molecule has 0 spiro atoms. The van der Waals surface area contributed by atoms with Crippen molar-refractivity contribution in [1.29, 1.82) is 0 Å². The van der Waals surface area contributed by atoms with E-state index in [9.17, 15) is 9.59 Å². The van der Waals surface area contributed by atoms with Crippen LogP contribution in [0.15, 0.2) is 108 Å². The molecule has 1 amide bonds. The summed E-state index contributed by atoms with van der Waals surface area (Å²) in [4.78, 5) is 26.8. The van der Waals surface area contributed by atoms with Crippen molar-refractivity contribution in [3.05, 3.63) is 114 Å². The molecule has 2 N–H and O–H groups in total. The van der Waals surface area contributed by atoms with Gasteiger partial charge in [-0.2, -0.15) is 0 Å². The molecule has 3 aromatic rings. The van der Waals surface area contributed by atoms with Crippen molar-refractivity contribution in [2.45, 2.75) is 24.2 Å². The molecule has 7 nitrogen and oxygen atoms in total. The lowest BCUT2D eigenvalue weighted by atomic mass is 9.78. The summed E-state index contributed by atoms with van der Waals surface area (Å²) in [7, 11) is 2.89. The summed E-state index contributed by atoms with van der Waals surface area (Å²) in [5.41, 5.74) is 1.77. The maximum absolute atomic E-state index is 13.5. The second-order valence-electron chi connectivity index (χ2n) is 8.91. The maximum atomic E-state index is 13.5. The van der Waals surface area contributed by atoms with Crippen LogP contribution in [0.5, 0.6) is 5.75 Å². The first kappa shape index (κ1) is 24.3. The predicted octanol–water partition coefficient (Wildman–Crippen LogP) is 4.53. The Bertz CT molecular complexity index is 1290. The number of benzene rings is 3. The van der Waals surface area contributed by atoms with Crippen molar-refractivity contribution in [3.63, 3.8) is 0 Å². The van der Waals surface area contributed by atoms with Crippen LogP contribution in [0.1, 0.15) is 5.56 Å². The van der Waals surface area contributed by atoms with Crippen LogP contribution in [-0.2, 0) is 25.5 Å². The number of hydrogen-bond donors (Lipinski definition) is 2. The summed E-state index contributed by atoms with van der Waals surface area (Å²) in [6.07, 6.45) is 3.57. The third kappa shape index (κ3) is 4.73. The molecule has 3 unspecified atom stereocenters. The number of hydrogen-bond acceptors (Lipinski definition) is 6. The third-order valence-corrected chi connectivity index (χ3v) is 6.68. The summed E-state index contributed by atoms with van der Waals surface area (Å²) in [5, 5.41) is 6.44. The first-order valence-electron chi connectivity index (χ1n) is 12.0. The molecule has 3 aromatic carbocycles. The molecule has 0 aliphatic carbocycles. The number of nitrogens with one attached hydrogen (secondary N) is 2. The SMILES string of the molecule is COC(=O)C1=C(C(=O)Nc2ccc(OC)cc2)C2C=CC1(C(Cc1ccccc1)Nc1ccccc1)O2. The molecule has 2 aliphatic rings. The molecule has 0 fully saturated rings. The number of esters is 1. The second-order valence-corrected chi connectivity index (χ2v) is 8.91. The Morgan fingerprint density at radius 3 is 2.24 bits per heavy atom. The van der Waals surface area contributed by atoms with Crippen LogP contribution in [0, 0.1) is 0 Å². The van der Waals surface area contributed by atoms with Gasteiger partial charge in [-0.05, 0) is 54.5 Å². The fourth-order valence-electron chi connectivity index (χ4n) is 4.92. The van der Waals surface area contributed by atoms with E-state index in [0.29, 0.717) is 17.9 Å². The predicted molar refractivity (Wildman–Crippen MR) is 141 cm³/mol. The number of anilines is 2. The highest BCUT2D eigenvalue weighted by molar-refractivity contribution is 6.12. The topological polar surface area (TPSA) is 85.9 Å². The van der Waals surface area contributed by atoms with Gasteiger partial charge in [0.25, 0.3) is 5.91 Å². The van der Waals surface area contributed by atoms with Gasteiger partial charge in [-0.1, -0.05) is 54.6 Å². The van der Waals surface area contributed by atoms with Gasteiger partial charge < -0.3 is 24.8 Å². The lowest BCUT2D eigenvalue weighted by molar-refractivity contribution is -0.138. The minimum Gasteiger partial charge on any atom is -0.497 e. The monoisotopic (exact) mass is 496 g/mol. The average Bonchev–Trinajstić information content (AvgIpc) is 3.52. The number of carbonyl (C=O) groups excluding carboxylic acids is 2.